The average Bonchev–Trinajstić information content (AvgIpc) is 3.46. The minimum atomic E-state index is -0.129. The van der Waals surface area contributed by atoms with E-state index in [1.54, 1.807) is 11.0 Å². The summed E-state index contributed by atoms with van der Waals surface area (Å²) in [7, 11) is 0. The SMILES string of the molecule is O=C(Cn1cnc(C2CC2)cc1=O)N1CCC(OCC2CC2)C1. The van der Waals surface area contributed by atoms with E-state index in [-0.39, 0.29) is 24.1 Å². The molecule has 1 aromatic heterocycles. The Balaban J connectivity index is 1.31. The zero-order chi connectivity index (χ0) is 15.8. The van der Waals surface area contributed by atoms with Gasteiger partial charge in [0.05, 0.1) is 18.1 Å². The van der Waals surface area contributed by atoms with Crippen molar-refractivity contribution < 1.29 is 9.53 Å². The number of aromatic nitrogens is 2. The molecule has 124 valence electrons. The molecule has 1 aliphatic heterocycles. The van der Waals surface area contributed by atoms with Crippen LogP contribution in [0, 0.1) is 5.92 Å². The molecular formula is C17H23N3O3. The lowest BCUT2D eigenvalue weighted by atomic mass is 10.3. The fraction of sp³-hybridized carbons (Fsp3) is 0.706. The van der Waals surface area contributed by atoms with Crippen LogP contribution >= 0.6 is 0 Å². The van der Waals surface area contributed by atoms with Gasteiger partial charge in [-0.2, -0.15) is 0 Å². The van der Waals surface area contributed by atoms with Crippen molar-refractivity contribution >= 4 is 5.91 Å². The van der Waals surface area contributed by atoms with E-state index in [0.717, 1.165) is 44.0 Å². The Morgan fingerprint density at radius 3 is 2.78 bits per heavy atom. The fourth-order valence-corrected chi connectivity index (χ4v) is 3.05. The summed E-state index contributed by atoms with van der Waals surface area (Å²) in [6.07, 6.45) is 7.37. The number of hydrogen-bond acceptors (Lipinski definition) is 4. The first-order valence-corrected chi connectivity index (χ1v) is 8.65. The number of amides is 1. The van der Waals surface area contributed by atoms with Crippen LogP contribution in [-0.2, 0) is 16.1 Å². The third kappa shape index (κ3) is 3.63. The predicted octanol–water partition coefficient (Wildman–Crippen LogP) is 1.15. The summed E-state index contributed by atoms with van der Waals surface area (Å²) in [5.41, 5.74) is 0.740. The third-order valence-corrected chi connectivity index (χ3v) is 4.96. The smallest absolute Gasteiger partial charge is 0.254 e. The van der Waals surface area contributed by atoms with E-state index in [1.165, 1.54) is 23.7 Å². The van der Waals surface area contributed by atoms with Crippen LogP contribution < -0.4 is 5.56 Å². The van der Waals surface area contributed by atoms with Gasteiger partial charge in [-0.3, -0.25) is 14.2 Å². The quantitative estimate of drug-likeness (QED) is 0.789. The van der Waals surface area contributed by atoms with Gasteiger partial charge in [-0.05, 0) is 38.0 Å². The molecule has 2 heterocycles. The second-order valence-corrected chi connectivity index (χ2v) is 7.08. The summed E-state index contributed by atoms with van der Waals surface area (Å²) in [4.78, 5) is 30.6. The summed E-state index contributed by atoms with van der Waals surface area (Å²) in [6, 6.07) is 1.58. The normalized spacial score (nSPS) is 24.2. The van der Waals surface area contributed by atoms with Crippen LogP contribution in [0.25, 0.3) is 0 Å². The van der Waals surface area contributed by atoms with E-state index in [9.17, 15) is 9.59 Å². The van der Waals surface area contributed by atoms with Gasteiger partial charge in [-0.15, -0.1) is 0 Å². The Labute approximate surface area is 135 Å². The first-order valence-electron chi connectivity index (χ1n) is 8.65. The maximum Gasteiger partial charge on any atom is 0.254 e. The van der Waals surface area contributed by atoms with Crippen LogP contribution in [0.15, 0.2) is 17.2 Å². The van der Waals surface area contributed by atoms with Crippen molar-refractivity contribution in [3.05, 3.63) is 28.4 Å². The first kappa shape index (κ1) is 14.9. The summed E-state index contributed by atoms with van der Waals surface area (Å²) in [5.74, 6) is 1.18. The Kier molecular flexibility index (Phi) is 3.93. The number of hydrogen-bond donors (Lipinski definition) is 0. The molecule has 0 N–H and O–H groups in total. The number of rotatable bonds is 6. The Bertz CT molecular complexity index is 649. The molecule has 0 spiro atoms. The lowest BCUT2D eigenvalue weighted by molar-refractivity contribution is -0.131. The number of carbonyl (C=O) groups excluding carboxylic acids is 1. The molecule has 0 aromatic carbocycles. The molecule has 1 unspecified atom stereocenters. The van der Waals surface area contributed by atoms with Crippen molar-refractivity contribution in [3.8, 4) is 0 Å². The molecule has 4 rings (SSSR count). The van der Waals surface area contributed by atoms with Crippen LogP contribution in [-0.4, -0.2) is 46.2 Å². The first-order chi connectivity index (χ1) is 11.2. The summed E-state index contributed by atoms with van der Waals surface area (Å²) in [5, 5.41) is 0. The van der Waals surface area contributed by atoms with Gasteiger partial charge < -0.3 is 9.64 Å². The summed E-state index contributed by atoms with van der Waals surface area (Å²) >= 11 is 0. The third-order valence-electron chi connectivity index (χ3n) is 4.96. The summed E-state index contributed by atoms with van der Waals surface area (Å²) < 4.78 is 7.26. The minimum absolute atomic E-state index is 0.0226. The van der Waals surface area contributed by atoms with Crippen LogP contribution in [0.1, 0.15) is 43.7 Å². The molecule has 6 heteroatoms. The highest BCUT2D eigenvalue weighted by Crippen LogP contribution is 2.38. The monoisotopic (exact) mass is 317 g/mol. The van der Waals surface area contributed by atoms with E-state index >= 15 is 0 Å². The average molecular weight is 317 g/mol. The van der Waals surface area contributed by atoms with Crippen molar-refractivity contribution in [3.63, 3.8) is 0 Å². The summed E-state index contributed by atoms with van der Waals surface area (Å²) in [6.45, 7) is 2.27. The molecule has 6 nitrogen and oxygen atoms in total. The van der Waals surface area contributed by atoms with Crippen LogP contribution in [0.5, 0.6) is 0 Å². The maximum atomic E-state index is 12.4. The van der Waals surface area contributed by atoms with Crippen molar-refractivity contribution in [2.45, 2.75) is 50.7 Å². The minimum Gasteiger partial charge on any atom is -0.376 e. The van der Waals surface area contributed by atoms with Crippen LogP contribution in [0.4, 0.5) is 0 Å². The van der Waals surface area contributed by atoms with Crippen molar-refractivity contribution in [1.82, 2.24) is 14.5 Å². The van der Waals surface area contributed by atoms with Crippen molar-refractivity contribution in [1.29, 1.82) is 0 Å². The van der Waals surface area contributed by atoms with Crippen molar-refractivity contribution in [2.75, 3.05) is 19.7 Å². The van der Waals surface area contributed by atoms with Gasteiger partial charge >= 0.3 is 0 Å². The predicted molar refractivity (Wildman–Crippen MR) is 84.1 cm³/mol. The number of nitrogens with zero attached hydrogens (tertiary/aromatic N) is 3. The Morgan fingerprint density at radius 1 is 1.26 bits per heavy atom. The number of likely N-dealkylation sites (tertiary alicyclic amines) is 1. The van der Waals surface area contributed by atoms with Crippen molar-refractivity contribution in [2.24, 2.45) is 5.92 Å². The number of carbonyl (C=O) groups is 1. The molecule has 2 aliphatic carbocycles. The van der Waals surface area contributed by atoms with E-state index in [0.29, 0.717) is 12.5 Å². The molecule has 1 amide bonds. The van der Waals surface area contributed by atoms with Gasteiger partial charge in [0.15, 0.2) is 0 Å². The van der Waals surface area contributed by atoms with E-state index in [4.69, 9.17) is 4.74 Å². The van der Waals surface area contributed by atoms with Gasteiger partial charge in [-0.25, -0.2) is 4.98 Å². The number of ether oxygens (including phenoxy) is 1. The van der Waals surface area contributed by atoms with E-state index in [1.807, 2.05) is 0 Å². The molecule has 2 saturated carbocycles. The van der Waals surface area contributed by atoms with Crippen LogP contribution in [0.3, 0.4) is 0 Å². The Hall–Kier alpha value is -1.69. The van der Waals surface area contributed by atoms with Gasteiger partial charge in [0.1, 0.15) is 6.54 Å². The maximum absolute atomic E-state index is 12.4. The lowest BCUT2D eigenvalue weighted by Crippen LogP contribution is -2.36. The van der Waals surface area contributed by atoms with Gasteiger partial charge in [-0.1, -0.05) is 0 Å². The Morgan fingerprint density at radius 2 is 2.09 bits per heavy atom. The highest BCUT2D eigenvalue weighted by atomic mass is 16.5. The standard InChI is InChI=1S/C17H23N3O3/c21-16-7-15(13-3-4-13)18-11-20(16)9-17(22)19-6-5-14(8-19)23-10-12-1-2-12/h7,11-14H,1-6,8-10H2. The second kappa shape index (κ2) is 6.07. The molecule has 0 radical (unpaired) electrons. The molecule has 3 fully saturated rings. The molecule has 23 heavy (non-hydrogen) atoms. The molecule has 1 aromatic rings. The van der Waals surface area contributed by atoms with E-state index in [2.05, 4.69) is 4.98 Å². The second-order valence-electron chi connectivity index (χ2n) is 7.08. The van der Waals surface area contributed by atoms with Gasteiger partial charge in [0.25, 0.3) is 5.56 Å². The molecule has 3 aliphatic rings. The highest BCUT2D eigenvalue weighted by Gasteiger charge is 2.30. The molecule has 0 bridgehead atoms. The fourth-order valence-electron chi connectivity index (χ4n) is 3.05. The molecule has 1 saturated heterocycles. The molecular weight excluding hydrogens is 294 g/mol. The molecule has 1 atom stereocenters. The lowest BCUT2D eigenvalue weighted by Gasteiger charge is -2.17. The highest BCUT2D eigenvalue weighted by molar-refractivity contribution is 5.76. The zero-order valence-corrected chi connectivity index (χ0v) is 13.3. The van der Waals surface area contributed by atoms with Gasteiger partial charge in [0.2, 0.25) is 5.91 Å². The van der Waals surface area contributed by atoms with Gasteiger partial charge in [0, 0.05) is 31.7 Å². The van der Waals surface area contributed by atoms with E-state index < -0.39 is 0 Å². The van der Waals surface area contributed by atoms with Crippen LogP contribution in [0.2, 0.25) is 0 Å². The zero-order valence-electron chi connectivity index (χ0n) is 13.3. The largest absolute Gasteiger partial charge is 0.376 e. The topological polar surface area (TPSA) is 64.4 Å².